The molecule has 10 heteroatoms. The highest BCUT2D eigenvalue weighted by molar-refractivity contribution is 6.54. The van der Waals surface area contributed by atoms with Gasteiger partial charge in [-0.3, -0.25) is 0 Å². The number of benzene rings is 8. The third kappa shape index (κ3) is 9.70. The Kier molecular flexibility index (Phi) is 13.9. The Hall–Kier alpha value is -6.87. The molecule has 4 aliphatic carbocycles. The number of fused-ring (bicyclic) bond motifs is 20. The SMILES string of the molecule is CC(C)(C)c1ccc2c(c1)-c1cc(C#Cc3ccc4c(c3)-c3cc(C(C)(C)C)ccc3[C@@]43CO[B-]4(OCC5(CO4)c4ccc(C(C)(C)C)cc4-c4cc(C(C)(C)C)ccc45)[OH+]C3)ccc1C21CO[B-]2(OC1)OCC1(CO2)c2ccc(C(C)(C)C)cc2-c2cc(C(C)(C)C)ccc21. The van der Waals surface area contributed by atoms with Gasteiger partial charge in [0.05, 0.1) is 16.2 Å². The van der Waals surface area contributed by atoms with Crippen molar-refractivity contribution in [1.29, 1.82) is 0 Å². The minimum absolute atomic E-state index is 0.00133. The molecule has 494 valence electrons. The van der Waals surface area contributed by atoms with Gasteiger partial charge in [0.1, 0.15) is 12.0 Å². The first-order valence-electron chi connectivity index (χ1n) is 35.2. The van der Waals surface area contributed by atoms with E-state index in [-0.39, 0.29) is 32.5 Å². The minimum atomic E-state index is -2.51. The van der Waals surface area contributed by atoms with Crippen LogP contribution in [0, 0.1) is 11.8 Å². The van der Waals surface area contributed by atoms with Gasteiger partial charge in [-0.05, 0) is 179 Å². The molecule has 0 unspecified atom stereocenters. The first kappa shape index (κ1) is 63.8. The predicted octanol–water partition coefficient (Wildman–Crippen LogP) is 17.9. The Morgan fingerprint density at radius 1 is 0.271 bits per heavy atom. The molecule has 4 aliphatic heterocycles. The van der Waals surface area contributed by atoms with Crippen molar-refractivity contribution in [2.24, 2.45) is 0 Å². The average Bonchev–Trinajstić information content (AvgIpc) is 1.56. The zero-order valence-electron chi connectivity index (χ0n) is 60.0. The first-order valence-corrected chi connectivity index (χ1v) is 35.2. The van der Waals surface area contributed by atoms with Crippen LogP contribution in [0.15, 0.2) is 146 Å². The summed E-state index contributed by atoms with van der Waals surface area (Å²) in [6.45, 7) is 39.3. The van der Waals surface area contributed by atoms with Crippen LogP contribution in [0.5, 0.6) is 0 Å². The molecule has 4 fully saturated rings. The molecule has 8 nitrogen and oxygen atoms in total. The summed E-state index contributed by atoms with van der Waals surface area (Å²) < 4.78 is 54.1. The van der Waals surface area contributed by atoms with Crippen LogP contribution < -0.4 is 0 Å². The highest BCUT2D eigenvalue weighted by Gasteiger charge is 2.62. The third-order valence-corrected chi connectivity index (χ3v) is 23.3. The van der Waals surface area contributed by atoms with E-state index in [2.05, 4.69) is 282 Å². The number of aliphatic hydroxyl groups is 1. The molecule has 8 aromatic rings. The van der Waals surface area contributed by atoms with Crippen molar-refractivity contribution >= 4 is 13.9 Å². The second-order valence-corrected chi connectivity index (χ2v) is 35.9. The quantitative estimate of drug-likeness (QED) is 0.0850. The molecule has 96 heavy (non-hydrogen) atoms. The van der Waals surface area contributed by atoms with E-state index in [1.165, 1.54) is 106 Å². The molecule has 6 spiro atoms. The van der Waals surface area contributed by atoms with Crippen molar-refractivity contribution in [2.45, 2.75) is 179 Å². The van der Waals surface area contributed by atoms with Gasteiger partial charge in [-0.25, -0.2) is 0 Å². The molecular formula is C86H95B2O8-. The lowest BCUT2D eigenvalue weighted by Gasteiger charge is -2.56. The van der Waals surface area contributed by atoms with Crippen LogP contribution >= 0.6 is 0 Å². The summed E-state index contributed by atoms with van der Waals surface area (Å²) >= 11 is 0. The van der Waals surface area contributed by atoms with Crippen molar-refractivity contribution in [3.8, 4) is 56.3 Å². The highest BCUT2D eigenvalue weighted by atomic mass is 16.9. The smallest absolute Gasteiger partial charge is 0.604 e. The molecular weight excluding hydrogens is 1180 g/mol. The van der Waals surface area contributed by atoms with Crippen LogP contribution in [0.4, 0.5) is 0 Å². The van der Waals surface area contributed by atoms with E-state index in [4.69, 9.17) is 37.2 Å². The van der Waals surface area contributed by atoms with Crippen LogP contribution in [-0.2, 0) is 86.7 Å². The highest BCUT2D eigenvalue weighted by Crippen LogP contribution is 2.59. The van der Waals surface area contributed by atoms with Crippen LogP contribution in [0.2, 0.25) is 0 Å². The summed E-state index contributed by atoms with van der Waals surface area (Å²) in [6.07, 6.45) is 0. The van der Waals surface area contributed by atoms with Crippen molar-refractivity contribution in [1.82, 2.24) is 0 Å². The summed E-state index contributed by atoms with van der Waals surface area (Å²) in [4.78, 5) is 0. The van der Waals surface area contributed by atoms with Gasteiger partial charge in [0.15, 0.2) is 0 Å². The fraction of sp³-hybridized carbons (Fsp3) is 0.419. The maximum atomic E-state index is 7.01. The summed E-state index contributed by atoms with van der Waals surface area (Å²) in [5, 5.41) is 0. The normalized spacial score (nSPS) is 21.1. The van der Waals surface area contributed by atoms with Crippen molar-refractivity contribution in [3.05, 3.63) is 235 Å². The minimum Gasteiger partial charge on any atom is -0.604 e. The second-order valence-electron chi connectivity index (χ2n) is 35.9. The van der Waals surface area contributed by atoms with E-state index in [0.717, 1.165) is 27.8 Å². The second kappa shape index (κ2) is 20.9. The van der Waals surface area contributed by atoms with Gasteiger partial charge in [0.2, 0.25) is 0 Å². The molecule has 4 heterocycles. The summed E-state index contributed by atoms with van der Waals surface area (Å²) in [7, 11) is 0. The zero-order valence-corrected chi connectivity index (χ0v) is 60.0. The van der Waals surface area contributed by atoms with Gasteiger partial charge in [0.25, 0.3) is 0 Å². The Balaban J connectivity index is 0.676. The largest absolute Gasteiger partial charge is 0.730 e. The van der Waals surface area contributed by atoms with E-state index in [9.17, 15) is 0 Å². The van der Waals surface area contributed by atoms with Gasteiger partial charge >= 0.3 is 13.9 Å². The molecule has 1 atom stereocenters. The fourth-order valence-electron chi connectivity index (χ4n) is 17.2. The van der Waals surface area contributed by atoms with Gasteiger partial charge in [0, 0.05) is 57.4 Å². The lowest BCUT2D eigenvalue weighted by Crippen LogP contribution is -2.66. The van der Waals surface area contributed by atoms with Gasteiger partial charge < -0.3 is 37.2 Å². The van der Waals surface area contributed by atoms with Gasteiger partial charge in [-0.2, -0.15) is 0 Å². The standard InChI is InChI=1S/C86H95B2O8/c1-77(2,3)55-23-31-71-63(39-55)61-37-53(21-29-69(61)83(71)45-89-87(90-46-83)93-49-85(50-94-87)73-33-25-57(79(7,8)9)41-65(73)66-42-58(80(10,11)12)26-34-74(66)85)19-20-54-22-30-70-62(38-54)64-40-56(78(4,5)6)24-32-72(64)84(70)47-91-88(92-48-84)95-51-86(52-96-88)75-35-27-59(81(13,14)15)43-67(75)68-44-60(82(16,17)18)28-36-76(68)86/h21-44,89H,45-52H2,1-18H3/q-1/t83-/m0/s1. The van der Waals surface area contributed by atoms with Crippen molar-refractivity contribution in [3.63, 3.8) is 0 Å². The number of hydrogen-bond donors (Lipinski definition) is 0. The number of rotatable bonds is 0. The predicted molar refractivity (Wildman–Crippen MR) is 389 cm³/mol. The summed E-state index contributed by atoms with van der Waals surface area (Å²) in [6, 6.07) is 55.4. The Morgan fingerprint density at radius 3 is 0.708 bits per heavy atom. The van der Waals surface area contributed by atoms with E-state index in [1.54, 1.807) is 0 Å². The monoisotopic (exact) mass is 1280 g/mol. The first-order chi connectivity index (χ1) is 45.1. The van der Waals surface area contributed by atoms with Crippen LogP contribution in [-0.4, -0.2) is 71.4 Å². The molecule has 16 rings (SSSR count). The maximum Gasteiger partial charge on any atom is 0.730 e. The van der Waals surface area contributed by atoms with Crippen LogP contribution in [0.25, 0.3) is 44.5 Å². The third-order valence-electron chi connectivity index (χ3n) is 23.3. The molecule has 0 bridgehead atoms. The zero-order chi connectivity index (χ0) is 67.6. The fourth-order valence-corrected chi connectivity index (χ4v) is 17.2. The van der Waals surface area contributed by atoms with E-state index >= 15 is 0 Å². The molecule has 1 N–H and O–H groups in total. The Morgan fingerprint density at radius 2 is 0.479 bits per heavy atom. The molecule has 0 aromatic heterocycles. The molecule has 0 saturated carbocycles. The lowest BCUT2D eigenvalue weighted by molar-refractivity contribution is -0.173. The van der Waals surface area contributed by atoms with Crippen LogP contribution in [0.1, 0.15) is 214 Å². The average molecular weight is 1280 g/mol. The maximum absolute atomic E-state index is 7.01. The topological polar surface area (TPSA) is 77.4 Å². The van der Waals surface area contributed by atoms with E-state index in [1.807, 2.05) is 0 Å². The van der Waals surface area contributed by atoms with Gasteiger partial charge in [-0.15, -0.1) is 0 Å². The van der Waals surface area contributed by atoms with E-state index in [0.29, 0.717) is 52.9 Å². The molecule has 8 aliphatic rings. The van der Waals surface area contributed by atoms with Crippen molar-refractivity contribution in [2.75, 3.05) is 52.9 Å². The Labute approximate surface area is 570 Å². The Bertz CT molecular complexity index is 4210. The van der Waals surface area contributed by atoms with E-state index < -0.39 is 35.6 Å². The lowest BCUT2D eigenvalue weighted by atomic mass is 9.74. The number of hydrogen-bond acceptors (Lipinski definition) is 7. The van der Waals surface area contributed by atoms with Crippen molar-refractivity contribution < 1.29 is 37.2 Å². The van der Waals surface area contributed by atoms with Crippen LogP contribution in [0.3, 0.4) is 0 Å². The molecule has 8 aromatic carbocycles. The summed E-state index contributed by atoms with van der Waals surface area (Å²) in [5.74, 6) is 7.30. The molecule has 0 amide bonds. The summed E-state index contributed by atoms with van der Waals surface area (Å²) in [5.41, 5.74) is 26.9. The molecule has 0 radical (unpaired) electrons. The van der Waals surface area contributed by atoms with Gasteiger partial charge in [-0.1, -0.05) is 258 Å². The molecule has 4 saturated heterocycles.